The Morgan fingerprint density at radius 1 is 1.25 bits per heavy atom. The van der Waals surface area contributed by atoms with Crippen LogP contribution in [0.5, 0.6) is 11.5 Å². The Bertz CT molecular complexity index is 1140. The van der Waals surface area contributed by atoms with Crippen LogP contribution in [0.2, 0.25) is 0 Å². The smallest absolute Gasteiger partial charge is 0.279 e. The summed E-state index contributed by atoms with van der Waals surface area (Å²) in [4.78, 5) is 17.7. The van der Waals surface area contributed by atoms with Gasteiger partial charge in [0.05, 0.1) is 21.8 Å². The van der Waals surface area contributed by atoms with Gasteiger partial charge >= 0.3 is 0 Å². The van der Waals surface area contributed by atoms with Gasteiger partial charge in [0.15, 0.2) is 16.3 Å². The normalized spacial score (nSPS) is 13.5. The number of fused-ring (bicyclic) bond motifs is 2. The van der Waals surface area contributed by atoms with Crippen molar-refractivity contribution in [2.75, 3.05) is 25.2 Å². The van der Waals surface area contributed by atoms with E-state index in [0.29, 0.717) is 29.1 Å². The van der Waals surface area contributed by atoms with Crippen LogP contribution < -0.4 is 14.3 Å². The van der Waals surface area contributed by atoms with Gasteiger partial charge in [-0.2, -0.15) is 22.0 Å². The third kappa shape index (κ3) is 3.63. The fourth-order valence-electron chi connectivity index (χ4n) is 2.93. The molecule has 1 aliphatic rings. The number of hydrogen-bond donors (Lipinski definition) is 0. The predicted molar refractivity (Wildman–Crippen MR) is 110 cm³/mol. The number of thioether (sulfide) groups is 1. The van der Waals surface area contributed by atoms with Gasteiger partial charge in [-0.25, -0.2) is 0 Å². The Morgan fingerprint density at radius 2 is 1.96 bits per heavy atom. The number of carbonyl (C=O) groups excluding carboxylic acids is 1. The first-order chi connectivity index (χ1) is 13.7. The Morgan fingerprint density at radius 3 is 2.64 bits per heavy atom. The highest BCUT2D eigenvalue weighted by Gasteiger charge is 2.17. The summed E-state index contributed by atoms with van der Waals surface area (Å²) in [5, 5.41) is 8.91. The van der Waals surface area contributed by atoms with Crippen molar-refractivity contribution in [3.8, 4) is 17.6 Å². The summed E-state index contributed by atoms with van der Waals surface area (Å²) in [6, 6.07) is 12.5. The lowest BCUT2D eigenvalue weighted by Crippen LogP contribution is -2.18. The van der Waals surface area contributed by atoms with Crippen LogP contribution in [0.1, 0.15) is 15.9 Å². The average molecular weight is 412 g/mol. The number of nitrogens with zero attached hydrogens (tertiary/aromatic N) is 3. The van der Waals surface area contributed by atoms with Gasteiger partial charge in [0.25, 0.3) is 5.91 Å². The number of nitriles is 1. The van der Waals surface area contributed by atoms with Crippen molar-refractivity contribution in [1.82, 2.24) is 4.57 Å². The summed E-state index contributed by atoms with van der Waals surface area (Å²) in [6.07, 6.45) is 2.05. The fraction of sp³-hybridized carbons (Fsp3) is 0.250. The van der Waals surface area contributed by atoms with E-state index >= 15 is 0 Å². The fourth-order valence-corrected chi connectivity index (χ4v) is 4.36. The molecule has 0 saturated heterocycles. The van der Waals surface area contributed by atoms with Crippen molar-refractivity contribution in [2.45, 2.75) is 6.54 Å². The van der Waals surface area contributed by atoms with Gasteiger partial charge in [0.2, 0.25) is 0 Å². The van der Waals surface area contributed by atoms with Gasteiger partial charge in [-0.15, -0.1) is 0 Å². The van der Waals surface area contributed by atoms with Crippen molar-refractivity contribution >= 4 is 39.2 Å². The largest absolute Gasteiger partial charge is 0.486 e. The number of hydrogen-bond acceptors (Lipinski definition) is 6. The van der Waals surface area contributed by atoms with Gasteiger partial charge in [-0.1, -0.05) is 11.3 Å². The molecular weight excluding hydrogens is 394 g/mol. The minimum atomic E-state index is -0.328. The first-order valence-corrected chi connectivity index (χ1v) is 10.9. The second kappa shape index (κ2) is 8.09. The molecule has 4 rings (SSSR count). The van der Waals surface area contributed by atoms with Gasteiger partial charge in [-0.3, -0.25) is 4.79 Å². The third-order valence-corrected chi connectivity index (χ3v) is 5.96. The van der Waals surface area contributed by atoms with Crippen LogP contribution in [0.3, 0.4) is 0 Å². The zero-order valence-corrected chi connectivity index (χ0v) is 16.8. The van der Waals surface area contributed by atoms with E-state index in [0.717, 1.165) is 34.0 Å². The highest BCUT2D eigenvalue weighted by molar-refractivity contribution is 7.98. The second-order valence-corrected chi connectivity index (χ2v) is 8.09. The highest BCUT2D eigenvalue weighted by atomic mass is 32.2. The van der Waals surface area contributed by atoms with E-state index in [-0.39, 0.29) is 5.91 Å². The molecule has 8 heteroatoms. The lowest BCUT2D eigenvalue weighted by atomic mass is 10.1. The van der Waals surface area contributed by atoms with Gasteiger partial charge in [0.1, 0.15) is 13.2 Å². The monoisotopic (exact) mass is 411 g/mol. The third-order valence-electron chi connectivity index (χ3n) is 4.32. The number of thiazole rings is 1. The number of aromatic nitrogens is 1. The van der Waals surface area contributed by atoms with Crippen LogP contribution in [0.15, 0.2) is 41.4 Å². The lowest BCUT2D eigenvalue weighted by Gasteiger charge is -2.18. The van der Waals surface area contributed by atoms with Crippen LogP contribution in [0.25, 0.3) is 10.2 Å². The van der Waals surface area contributed by atoms with E-state index in [1.807, 2.05) is 24.5 Å². The molecule has 0 N–H and O–H groups in total. The van der Waals surface area contributed by atoms with E-state index in [9.17, 15) is 4.79 Å². The number of rotatable bonds is 4. The maximum Gasteiger partial charge on any atom is 0.279 e. The molecule has 0 aliphatic carbocycles. The van der Waals surface area contributed by atoms with E-state index < -0.39 is 0 Å². The Labute approximate surface area is 170 Å². The molecule has 1 aromatic heterocycles. The van der Waals surface area contributed by atoms with Crippen LogP contribution in [0, 0.1) is 11.3 Å². The lowest BCUT2D eigenvalue weighted by molar-refractivity contribution is 0.0998. The minimum absolute atomic E-state index is 0.328. The highest BCUT2D eigenvalue weighted by Crippen LogP contribution is 2.35. The number of amides is 1. The zero-order chi connectivity index (χ0) is 19.5. The molecule has 2 aromatic carbocycles. The molecule has 1 amide bonds. The van der Waals surface area contributed by atoms with Crippen LogP contribution in [0.4, 0.5) is 0 Å². The van der Waals surface area contributed by atoms with E-state index in [4.69, 9.17) is 14.7 Å². The molecule has 0 atom stereocenters. The Hall–Kier alpha value is -2.76. The van der Waals surface area contributed by atoms with Gasteiger partial charge < -0.3 is 14.0 Å². The molecule has 28 heavy (non-hydrogen) atoms. The summed E-state index contributed by atoms with van der Waals surface area (Å²) >= 11 is 3.19. The molecule has 0 unspecified atom stereocenters. The zero-order valence-electron chi connectivity index (χ0n) is 15.2. The van der Waals surface area contributed by atoms with Crippen LogP contribution in [-0.2, 0) is 6.54 Å². The number of benzene rings is 2. The molecule has 0 fully saturated rings. The summed E-state index contributed by atoms with van der Waals surface area (Å²) in [5.74, 6) is 2.02. The number of ether oxygens (including phenoxy) is 2. The molecule has 0 radical (unpaired) electrons. The van der Waals surface area contributed by atoms with Crippen molar-refractivity contribution in [3.05, 3.63) is 52.3 Å². The number of carbonyl (C=O) groups is 1. The van der Waals surface area contributed by atoms with E-state index in [1.165, 1.54) is 11.3 Å². The van der Waals surface area contributed by atoms with Crippen molar-refractivity contribution in [2.24, 2.45) is 4.99 Å². The molecule has 142 valence electrons. The molecule has 1 aliphatic heterocycles. The summed E-state index contributed by atoms with van der Waals surface area (Å²) in [7, 11) is 0. The van der Waals surface area contributed by atoms with Crippen molar-refractivity contribution in [3.63, 3.8) is 0 Å². The second-order valence-electron chi connectivity index (χ2n) is 6.10. The first kappa shape index (κ1) is 18.6. The van der Waals surface area contributed by atoms with Gasteiger partial charge in [-0.05, 0) is 30.5 Å². The summed E-state index contributed by atoms with van der Waals surface area (Å²) in [5.41, 5.74) is 1.95. The quantitative estimate of drug-likeness (QED) is 0.657. The predicted octanol–water partition coefficient (Wildman–Crippen LogP) is 3.45. The molecule has 0 saturated carbocycles. The summed E-state index contributed by atoms with van der Waals surface area (Å²) < 4.78 is 14.4. The molecule has 3 aromatic rings. The van der Waals surface area contributed by atoms with Crippen molar-refractivity contribution < 1.29 is 14.3 Å². The average Bonchev–Trinajstić information content (AvgIpc) is 3.06. The van der Waals surface area contributed by atoms with E-state index in [1.54, 1.807) is 36.0 Å². The topological polar surface area (TPSA) is 76.6 Å². The number of aryl methyl sites for hydroxylation is 1. The molecule has 0 bridgehead atoms. The summed E-state index contributed by atoms with van der Waals surface area (Å²) in [6.45, 7) is 1.80. The molecular formula is C20H17N3O3S2. The minimum Gasteiger partial charge on any atom is -0.486 e. The SMILES string of the molecule is CSCCn1c(=NC(=O)c2ccc(C#N)cc2)sc2cc3c(cc21)OCCO3. The van der Waals surface area contributed by atoms with E-state index in [2.05, 4.69) is 9.56 Å². The van der Waals surface area contributed by atoms with Crippen LogP contribution >= 0.6 is 23.1 Å². The Balaban J connectivity index is 1.80. The van der Waals surface area contributed by atoms with Gasteiger partial charge in [0, 0.05) is 30.0 Å². The maximum atomic E-state index is 12.7. The maximum absolute atomic E-state index is 12.7. The molecule has 2 heterocycles. The Kier molecular flexibility index (Phi) is 5.37. The standard InChI is InChI=1S/C20H17N3O3S2/c1-27-9-6-23-15-10-16-17(26-8-7-25-16)11-18(15)28-20(23)22-19(24)14-4-2-13(12-21)3-5-14/h2-5,10-11H,6-9H2,1H3. The molecule has 0 spiro atoms. The van der Waals surface area contributed by atoms with Crippen molar-refractivity contribution in [1.29, 1.82) is 5.26 Å². The van der Waals surface area contributed by atoms with Crippen LogP contribution in [-0.4, -0.2) is 35.7 Å². The molecule has 6 nitrogen and oxygen atoms in total. The first-order valence-electron chi connectivity index (χ1n) is 8.71.